The molecule has 0 spiro atoms. The Kier molecular flexibility index (Phi) is 61.7. The highest BCUT2D eigenvalue weighted by atomic mass is 16.7. The summed E-state index contributed by atoms with van der Waals surface area (Å²) in [6, 6.07) is 0. The van der Waals surface area contributed by atoms with Crippen LogP contribution in [0.3, 0.4) is 0 Å². The molecule has 0 amide bonds. The number of aliphatic carboxylic acids is 1. The Hall–Kier alpha value is -3.53. The fraction of sp³-hybridized carbons (Fsp3) is 0.770. The topological polar surface area (TPSA) is 111 Å². The van der Waals surface area contributed by atoms with Crippen molar-refractivity contribution in [2.75, 3.05) is 47.5 Å². The number of likely N-dealkylation sites (N-methyl/N-ethyl adjacent to an activating group) is 1. The normalized spacial score (nSPS) is 13.2. The molecule has 480 valence electrons. The second kappa shape index (κ2) is 64.5. The zero-order valence-electron chi connectivity index (χ0n) is 54.8. The lowest BCUT2D eigenvalue weighted by Gasteiger charge is -2.26. The van der Waals surface area contributed by atoms with Gasteiger partial charge in [0, 0.05) is 12.8 Å². The van der Waals surface area contributed by atoms with E-state index in [-0.39, 0.29) is 38.6 Å². The summed E-state index contributed by atoms with van der Waals surface area (Å²) >= 11 is 0. The molecule has 2 atom stereocenters. The number of carboxylic acid groups (broad SMARTS) is 1. The first kappa shape index (κ1) is 79.5. The van der Waals surface area contributed by atoms with Crippen LogP contribution in [0, 0.1) is 0 Å². The zero-order chi connectivity index (χ0) is 60.5. The second-order valence-electron chi connectivity index (χ2n) is 24.4. The van der Waals surface area contributed by atoms with E-state index in [0.29, 0.717) is 17.4 Å². The lowest BCUT2D eigenvalue weighted by molar-refractivity contribution is -0.870. The van der Waals surface area contributed by atoms with Gasteiger partial charge in [0.15, 0.2) is 12.4 Å². The number of esters is 2. The van der Waals surface area contributed by atoms with Gasteiger partial charge < -0.3 is 33.3 Å². The van der Waals surface area contributed by atoms with Crippen molar-refractivity contribution in [3.63, 3.8) is 0 Å². The maximum absolute atomic E-state index is 12.9. The second-order valence-corrected chi connectivity index (χ2v) is 24.4. The van der Waals surface area contributed by atoms with Crippen molar-refractivity contribution >= 4 is 17.9 Å². The van der Waals surface area contributed by atoms with Crippen molar-refractivity contribution in [3.8, 4) is 0 Å². The standard InChI is InChI=1S/C74H131NO8/c1-6-8-10-12-14-16-18-20-22-24-26-27-28-29-30-31-32-33-34-35-36-37-38-39-40-41-42-43-44-45-47-48-50-52-54-56-58-60-62-64-71(76)81-68-70(69-82-74(73(78)79)80-67-66-75(3,4)5)83-72(77)65-63-61-59-57-55-53-51-49-46-25-23-21-19-17-15-13-11-9-7-2/h9,11,15,17-18,20-21,23-24,26,28-29,46,49,70,74H,6-8,10,12-14,16,19,22,25,27,30-45,47-48,50-69H2,1-5H3/b11-9-,17-15-,20-18-,23-21-,26-24-,29-28-,49-46-. The van der Waals surface area contributed by atoms with Crippen LogP contribution < -0.4 is 5.11 Å². The fourth-order valence-electron chi connectivity index (χ4n) is 9.83. The largest absolute Gasteiger partial charge is 0.545 e. The molecular weight excluding hydrogens is 1030 g/mol. The number of nitrogens with zero attached hydrogens (tertiary/aromatic N) is 1. The number of carbonyl (C=O) groups is 3. The Morgan fingerprint density at radius 1 is 0.373 bits per heavy atom. The Labute approximate surface area is 512 Å². The van der Waals surface area contributed by atoms with Crippen molar-refractivity contribution in [1.82, 2.24) is 0 Å². The van der Waals surface area contributed by atoms with Crippen molar-refractivity contribution in [2.24, 2.45) is 0 Å². The summed E-state index contributed by atoms with van der Waals surface area (Å²) in [5.41, 5.74) is 0. The predicted octanol–water partition coefficient (Wildman–Crippen LogP) is 20.1. The number of hydrogen-bond donors (Lipinski definition) is 0. The number of ether oxygens (including phenoxy) is 4. The highest BCUT2D eigenvalue weighted by Gasteiger charge is 2.22. The highest BCUT2D eigenvalue weighted by Crippen LogP contribution is 2.18. The maximum atomic E-state index is 12.9. The SMILES string of the molecule is CC/C=C\C/C=C\C/C=C\C/C=C\CCCCCCCCC(=O)OC(COC(=O)CCCCCCCCCCCCCCCCCCCCCCCCCC/C=C\C/C=C\C/C=C\CCCCCCC)COC(OCC[N+](C)(C)C)C(=O)[O-]. The molecule has 0 rings (SSSR count). The molecule has 83 heavy (non-hydrogen) atoms. The summed E-state index contributed by atoms with van der Waals surface area (Å²) < 4.78 is 22.7. The summed E-state index contributed by atoms with van der Waals surface area (Å²) in [7, 11) is 5.92. The average Bonchev–Trinajstić information content (AvgIpc) is 3.46. The van der Waals surface area contributed by atoms with E-state index in [1.807, 2.05) is 21.1 Å². The van der Waals surface area contributed by atoms with Gasteiger partial charge in [-0.3, -0.25) is 9.59 Å². The summed E-state index contributed by atoms with van der Waals surface area (Å²) in [5, 5.41) is 11.8. The molecule has 0 aromatic rings. The molecule has 0 aliphatic heterocycles. The Morgan fingerprint density at radius 3 is 1.02 bits per heavy atom. The molecule has 0 aromatic carbocycles. The number of quaternary nitrogens is 1. The summed E-state index contributed by atoms with van der Waals surface area (Å²) in [4.78, 5) is 37.4. The van der Waals surface area contributed by atoms with Gasteiger partial charge in [-0.15, -0.1) is 0 Å². The van der Waals surface area contributed by atoms with Gasteiger partial charge in [-0.05, 0) is 89.9 Å². The van der Waals surface area contributed by atoms with Crippen LogP contribution in [0.4, 0.5) is 0 Å². The average molecular weight is 1160 g/mol. The molecule has 2 unspecified atom stereocenters. The van der Waals surface area contributed by atoms with Crippen LogP contribution in [0.1, 0.15) is 309 Å². The third-order valence-electron chi connectivity index (χ3n) is 15.1. The molecule has 0 aliphatic carbocycles. The first-order chi connectivity index (χ1) is 40.6. The van der Waals surface area contributed by atoms with Crippen LogP contribution in [0.15, 0.2) is 85.1 Å². The van der Waals surface area contributed by atoms with Crippen LogP contribution in [-0.4, -0.2) is 82.3 Å². The zero-order valence-corrected chi connectivity index (χ0v) is 54.8. The molecule has 0 bridgehead atoms. The summed E-state index contributed by atoms with van der Waals surface area (Å²) in [5.74, 6) is -2.29. The maximum Gasteiger partial charge on any atom is 0.306 e. The molecule has 0 N–H and O–H groups in total. The van der Waals surface area contributed by atoms with Gasteiger partial charge in [0.05, 0.1) is 40.3 Å². The third-order valence-corrected chi connectivity index (χ3v) is 15.1. The van der Waals surface area contributed by atoms with Crippen LogP contribution in [0.5, 0.6) is 0 Å². The molecule has 9 heteroatoms. The van der Waals surface area contributed by atoms with E-state index in [1.165, 1.54) is 180 Å². The van der Waals surface area contributed by atoms with Gasteiger partial charge in [-0.25, -0.2) is 0 Å². The minimum atomic E-state index is -1.63. The van der Waals surface area contributed by atoms with Gasteiger partial charge in [-0.1, -0.05) is 292 Å². The molecule has 0 saturated heterocycles. The van der Waals surface area contributed by atoms with Crippen molar-refractivity contribution < 1.29 is 42.9 Å². The van der Waals surface area contributed by atoms with E-state index in [9.17, 15) is 19.5 Å². The molecule has 0 aromatic heterocycles. The van der Waals surface area contributed by atoms with E-state index in [1.54, 1.807) is 0 Å². The molecule has 0 saturated carbocycles. The molecule has 9 nitrogen and oxygen atoms in total. The van der Waals surface area contributed by atoms with E-state index in [2.05, 4.69) is 98.9 Å². The van der Waals surface area contributed by atoms with Crippen molar-refractivity contribution in [1.29, 1.82) is 0 Å². The molecule has 0 fully saturated rings. The molecular formula is C74H131NO8. The highest BCUT2D eigenvalue weighted by molar-refractivity contribution is 5.70. The Bertz CT molecular complexity index is 1640. The predicted molar refractivity (Wildman–Crippen MR) is 352 cm³/mol. The van der Waals surface area contributed by atoms with Crippen LogP contribution in [-0.2, 0) is 33.3 Å². The summed E-state index contributed by atoms with van der Waals surface area (Å²) in [6.07, 6.45) is 84.0. The van der Waals surface area contributed by atoms with E-state index in [4.69, 9.17) is 18.9 Å². The van der Waals surface area contributed by atoms with Gasteiger partial charge in [0.2, 0.25) is 0 Å². The quantitative estimate of drug-likeness (QED) is 0.0195. The van der Waals surface area contributed by atoms with E-state index < -0.39 is 24.3 Å². The van der Waals surface area contributed by atoms with Crippen LogP contribution in [0.2, 0.25) is 0 Å². The number of carbonyl (C=O) groups excluding carboxylic acids is 3. The van der Waals surface area contributed by atoms with Gasteiger partial charge in [0.1, 0.15) is 13.2 Å². The number of carboxylic acids is 1. The summed E-state index contributed by atoms with van der Waals surface area (Å²) in [6.45, 7) is 4.63. The molecule has 0 radical (unpaired) electrons. The van der Waals surface area contributed by atoms with Crippen LogP contribution >= 0.6 is 0 Å². The van der Waals surface area contributed by atoms with Crippen molar-refractivity contribution in [3.05, 3.63) is 85.1 Å². The van der Waals surface area contributed by atoms with Gasteiger partial charge in [-0.2, -0.15) is 0 Å². The third kappa shape index (κ3) is 65.9. The first-order valence-corrected chi connectivity index (χ1v) is 34.7. The van der Waals surface area contributed by atoms with E-state index >= 15 is 0 Å². The molecule has 0 aliphatic rings. The minimum absolute atomic E-state index is 0.143. The minimum Gasteiger partial charge on any atom is -0.545 e. The number of rotatable bonds is 64. The van der Waals surface area contributed by atoms with E-state index in [0.717, 1.165) is 96.3 Å². The number of allylic oxidation sites excluding steroid dienone is 14. The Morgan fingerprint density at radius 2 is 0.687 bits per heavy atom. The van der Waals surface area contributed by atoms with Crippen molar-refractivity contribution in [2.45, 2.75) is 322 Å². The fourth-order valence-corrected chi connectivity index (χ4v) is 9.83. The first-order valence-electron chi connectivity index (χ1n) is 34.7. The molecule has 0 heterocycles. The lowest BCUT2D eigenvalue weighted by Crippen LogP contribution is -2.44. The van der Waals surface area contributed by atoms with Crippen LogP contribution in [0.25, 0.3) is 0 Å². The smallest absolute Gasteiger partial charge is 0.306 e. The van der Waals surface area contributed by atoms with Gasteiger partial charge >= 0.3 is 11.9 Å². The monoisotopic (exact) mass is 1160 g/mol. The van der Waals surface area contributed by atoms with Gasteiger partial charge in [0.25, 0.3) is 0 Å². The number of hydrogen-bond acceptors (Lipinski definition) is 8. The number of unbranched alkanes of at least 4 members (excludes halogenated alkanes) is 35. The Balaban J connectivity index is 3.99. The lowest BCUT2D eigenvalue weighted by atomic mass is 10.0.